The summed E-state index contributed by atoms with van der Waals surface area (Å²) < 4.78 is 10.5. The molecule has 598 valence electrons. The van der Waals surface area contributed by atoms with Crippen molar-refractivity contribution in [2.24, 2.45) is 40.4 Å². The molecule has 1 aromatic carbocycles. The number of aromatic nitrogens is 15. The molecule has 0 unspecified atom stereocenters. The van der Waals surface area contributed by atoms with Crippen LogP contribution in [0.5, 0.6) is 0 Å². The van der Waals surface area contributed by atoms with E-state index < -0.39 is 0 Å². The van der Waals surface area contributed by atoms with Gasteiger partial charge in [-0.05, 0) is 192 Å². The Bertz CT molecular complexity index is 5250. The molecule has 0 radical (unpaired) electrons. The summed E-state index contributed by atoms with van der Waals surface area (Å²) in [6.45, 7) is 71.5. The topological polar surface area (TPSA) is 257 Å². The average molecular weight is 1530 g/mol. The van der Waals surface area contributed by atoms with Crippen molar-refractivity contribution in [3.63, 3.8) is 0 Å². The predicted octanol–water partition coefficient (Wildman–Crippen LogP) is 21.8. The number of anilines is 5. The number of fused-ring (bicyclic) bond motifs is 5. The molecule has 0 bridgehead atoms. The molecule has 2 aliphatic rings. The van der Waals surface area contributed by atoms with E-state index in [1.807, 2.05) is 110 Å². The molecule has 5 N–H and O–H groups in total. The van der Waals surface area contributed by atoms with E-state index in [1.165, 1.54) is 18.4 Å². The highest BCUT2D eigenvalue weighted by Gasteiger charge is 2.30. The SMILES string of the molecule is C=C(CC(C)C)Nc1nc2ccc(C)nc2n1CC(C)C.Cc1ccc(CC(=O)Nc2nc3ccc(C)nc3n2CC(C)C)cc1.Cc1ccc2nc(NC(=O)CC(C)(C)C)n(CC(C)C)c2n1.[C-]#[N+]c1ccc2nc(NC(=C)CC(C)(C)C)n(C3CCC3)c2n1.[C-]#[N+]c1ccc2nc(NC(=C)CC(C)C)n(C3CCC3)c2n1. The predicted molar refractivity (Wildman–Crippen MR) is 462 cm³/mol. The van der Waals surface area contributed by atoms with Gasteiger partial charge in [0.05, 0.1) is 6.42 Å². The normalized spacial score (nSPS) is 13.0. The zero-order chi connectivity index (χ0) is 82.3. The van der Waals surface area contributed by atoms with Crippen LogP contribution in [0, 0.1) is 81.3 Å². The third kappa shape index (κ3) is 24.2. The number of aryl methyl sites for hydroxylation is 4. The number of carbonyl (C=O) groups is 2. The van der Waals surface area contributed by atoms with Crippen molar-refractivity contribution in [1.82, 2.24) is 72.7 Å². The quantitative estimate of drug-likeness (QED) is 0.0353. The fourth-order valence-electron chi connectivity index (χ4n) is 13.4. The molecule has 11 aromatic rings. The van der Waals surface area contributed by atoms with Gasteiger partial charge in [0.2, 0.25) is 41.6 Å². The van der Waals surface area contributed by atoms with E-state index in [0.717, 1.165) is 178 Å². The lowest BCUT2D eigenvalue weighted by Crippen LogP contribution is -2.22. The zero-order valence-electron chi connectivity index (χ0n) is 70.6. The zero-order valence-corrected chi connectivity index (χ0v) is 70.6. The maximum atomic E-state index is 12.5. The number of pyridine rings is 5. The number of nitrogens with one attached hydrogen (secondary N) is 5. The minimum absolute atomic E-state index is 0.00969. The number of imidazole rings is 5. The minimum atomic E-state index is -0.0686. The summed E-state index contributed by atoms with van der Waals surface area (Å²) in [5.41, 5.74) is 16.5. The lowest BCUT2D eigenvalue weighted by Gasteiger charge is -2.28. The van der Waals surface area contributed by atoms with Crippen LogP contribution in [0.3, 0.4) is 0 Å². The second-order valence-corrected chi connectivity index (χ2v) is 34.8. The van der Waals surface area contributed by atoms with Crippen molar-refractivity contribution in [3.8, 4) is 0 Å². The van der Waals surface area contributed by atoms with E-state index in [2.05, 4.69) is 230 Å². The average Bonchev–Trinajstić information content (AvgIpc) is 1.66. The summed E-state index contributed by atoms with van der Waals surface area (Å²) in [5.74, 6) is 6.89. The first kappa shape index (κ1) is 85.9. The molecule has 10 heterocycles. The van der Waals surface area contributed by atoms with Crippen LogP contribution in [0.2, 0.25) is 0 Å². The van der Waals surface area contributed by atoms with E-state index in [1.54, 1.807) is 12.1 Å². The summed E-state index contributed by atoms with van der Waals surface area (Å²) in [6, 6.07) is 27.9. The van der Waals surface area contributed by atoms with Gasteiger partial charge in [0.25, 0.3) is 22.9 Å². The number of hydrogen-bond donors (Lipinski definition) is 5. The molecular weight excluding hydrogens is 1410 g/mol. The second kappa shape index (κ2) is 37.9. The fourth-order valence-corrected chi connectivity index (χ4v) is 13.4. The van der Waals surface area contributed by atoms with Gasteiger partial charge in [0.15, 0.2) is 16.9 Å². The van der Waals surface area contributed by atoms with Crippen LogP contribution in [-0.2, 0) is 35.6 Å². The fraction of sp³-hybridized carbons (Fsp3) is 0.483. The molecule has 0 aliphatic heterocycles. The Morgan fingerprint density at radius 3 is 1.07 bits per heavy atom. The van der Waals surface area contributed by atoms with Crippen molar-refractivity contribution in [1.29, 1.82) is 0 Å². The van der Waals surface area contributed by atoms with Crippen LogP contribution in [0.1, 0.15) is 215 Å². The first-order chi connectivity index (χ1) is 53.4. The standard InChI is InChI=1S/C20H24N4O.C18H23N5.C17H21N5.C17H26N4O.C17H26N4/c1-13(2)12-24-19-17(10-7-15(4)21-19)22-20(24)23-18(25)11-16-8-5-14(3)6-9-16;1-12(11-18(2,3)4)20-17-21-14-9-10-15(19-5)22-16(14)23(17)13-7-6-8-13;1-11(2)10-12(3)19-17-20-14-8-9-15(18-4)21-16(14)22(17)13-6-5-7-13;1-11(2)10-21-15-13(8-7-12(3)18-15)19-16(21)20-14(22)9-17(4,5)6;1-11(2)9-14(6)19-17-20-15-8-7-13(5)18-16(15)21(17)10-12(3)4/h5-10,13H,11-12H2,1-4H3,(H,22,23,25);9-10,13H,1,6-8,11H2,2-4H3,(H,20,21);8-9,11,13H,3,5-7,10H2,1-2H3,(H,19,20);7-8,11H,9-10H2,1-6H3,(H,19,20,22);7-8,11-12H,6,9-10H2,1-5H3,(H,19,20). The number of nitrogens with zero attached hydrogens (tertiary/aromatic N) is 17. The number of allylic oxidation sites excluding steroid dienone is 3. The van der Waals surface area contributed by atoms with Crippen molar-refractivity contribution < 1.29 is 9.59 Å². The Labute approximate surface area is 668 Å². The summed E-state index contributed by atoms with van der Waals surface area (Å²) in [6.07, 6.45) is 10.5. The van der Waals surface area contributed by atoms with Crippen molar-refractivity contribution in [3.05, 3.63) is 173 Å². The Kier molecular flexibility index (Phi) is 28.8. The molecule has 24 heteroatoms. The van der Waals surface area contributed by atoms with E-state index in [-0.39, 0.29) is 22.6 Å². The smallest absolute Gasteiger partial charge is 0.271 e. The first-order valence-electron chi connectivity index (χ1n) is 39.9. The third-order valence-corrected chi connectivity index (χ3v) is 18.6. The van der Waals surface area contributed by atoms with Crippen LogP contribution in [0.4, 0.5) is 41.4 Å². The number of carbonyl (C=O) groups excluding carboxylic acids is 2. The second-order valence-electron chi connectivity index (χ2n) is 34.8. The Hall–Kier alpha value is -11.1. The van der Waals surface area contributed by atoms with Crippen LogP contribution in [-0.4, -0.2) is 84.5 Å². The van der Waals surface area contributed by atoms with Gasteiger partial charge in [0, 0.05) is 72.3 Å². The molecule has 2 amide bonds. The van der Waals surface area contributed by atoms with Gasteiger partial charge in [-0.25, -0.2) is 39.9 Å². The minimum Gasteiger partial charge on any atom is -0.361 e. The van der Waals surface area contributed by atoms with Crippen LogP contribution < -0.4 is 26.6 Å². The Morgan fingerprint density at radius 2 is 0.735 bits per heavy atom. The van der Waals surface area contributed by atoms with Gasteiger partial charge in [-0.15, -0.1) is 0 Å². The molecule has 0 spiro atoms. The monoisotopic (exact) mass is 1530 g/mol. The van der Waals surface area contributed by atoms with E-state index in [0.29, 0.717) is 78.0 Å². The maximum Gasteiger partial charge on any atom is 0.271 e. The highest BCUT2D eigenvalue weighted by molar-refractivity contribution is 5.93. The van der Waals surface area contributed by atoms with Crippen LogP contribution >= 0.6 is 0 Å². The van der Waals surface area contributed by atoms with E-state index in [4.69, 9.17) is 13.1 Å². The van der Waals surface area contributed by atoms with Crippen LogP contribution in [0.25, 0.3) is 65.5 Å². The number of amides is 2. The number of benzene rings is 1. The molecule has 113 heavy (non-hydrogen) atoms. The van der Waals surface area contributed by atoms with Gasteiger partial charge in [0.1, 0.15) is 27.6 Å². The highest BCUT2D eigenvalue weighted by atomic mass is 16.2. The molecule has 0 saturated heterocycles. The molecule has 2 saturated carbocycles. The maximum absolute atomic E-state index is 12.5. The van der Waals surface area contributed by atoms with Crippen LogP contribution in [0.15, 0.2) is 122 Å². The number of rotatable bonds is 24. The first-order valence-corrected chi connectivity index (χ1v) is 39.9. The summed E-state index contributed by atoms with van der Waals surface area (Å²) in [5, 5.41) is 16.0. The van der Waals surface area contributed by atoms with Gasteiger partial charge in [-0.2, -0.15) is 0 Å². The molecule has 2 aliphatic carbocycles. The van der Waals surface area contributed by atoms with Gasteiger partial charge in [-0.1, -0.05) is 183 Å². The van der Waals surface area contributed by atoms with Gasteiger partial charge in [-0.3, -0.25) is 43.1 Å². The van der Waals surface area contributed by atoms with Crippen molar-refractivity contribution in [2.45, 2.75) is 241 Å². The summed E-state index contributed by atoms with van der Waals surface area (Å²) in [4.78, 5) is 77.5. The van der Waals surface area contributed by atoms with E-state index >= 15 is 0 Å². The third-order valence-electron chi connectivity index (χ3n) is 18.6. The lowest BCUT2D eigenvalue weighted by molar-refractivity contribution is -0.118. The van der Waals surface area contributed by atoms with Crippen molar-refractivity contribution in [2.75, 3.05) is 26.6 Å². The number of hydrogen-bond acceptors (Lipinski definition) is 15. The molecule has 2 fully saturated rings. The molecular formula is C89H120N22O2. The summed E-state index contributed by atoms with van der Waals surface area (Å²) >= 11 is 0. The highest BCUT2D eigenvalue weighted by Crippen LogP contribution is 2.40. The van der Waals surface area contributed by atoms with Gasteiger partial charge >= 0.3 is 0 Å². The van der Waals surface area contributed by atoms with Gasteiger partial charge < -0.3 is 25.6 Å². The summed E-state index contributed by atoms with van der Waals surface area (Å²) in [7, 11) is 0. The molecule has 0 atom stereocenters. The molecule has 24 nitrogen and oxygen atoms in total. The lowest BCUT2D eigenvalue weighted by atomic mass is 9.91. The van der Waals surface area contributed by atoms with E-state index in [9.17, 15) is 9.59 Å². The Morgan fingerprint density at radius 1 is 0.407 bits per heavy atom. The molecule has 10 aromatic heterocycles. The molecule has 13 rings (SSSR count). The Balaban J connectivity index is 0.000000162. The van der Waals surface area contributed by atoms with Crippen molar-refractivity contribution >= 4 is 109 Å². The largest absolute Gasteiger partial charge is 0.361 e.